The third kappa shape index (κ3) is 5.59. The summed E-state index contributed by atoms with van der Waals surface area (Å²) in [5, 5.41) is 9.51. The largest absolute Gasteiger partial charge is 0.479 e. The summed E-state index contributed by atoms with van der Waals surface area (Å²) in [6.07, 6.45) is 2.46. The number of hydrogen-bond acceptors (Lipinski definition) is 5. The Morgan fingerprint density at radius 3 is 2.58 bits per heavy atom. The molecule has 0 unspecified atom stereocenters. The highest BCUT2D eigenvalue weighted by Crippen LogP contribution is 2.22. The number of nitrogens with one attached hydrogen (secondary N) is 1. The van der Waals surface area contributed by atoms with E-state index < -0.39 is 15.6 Å². The molecule has 2 N–H and O–H groups in total. The molecule has 6 nitrogen and oxygen atoms in total. The summed E-state index contributed by atoms with van der Waals surface area (Å²) in [5.74, 6) is 5.47. The van der Waals surface area contributed by atoms with Crippen molar-refractivity contribution in [2.45, 2.75) is 19.4 Å². The molecule has 0 aromatic carbocycles. The second-order valence-electron chi connectivity index (χ2n) is 4.46. The molecular weight excluding hydrogens is 268 g/mol. The molecule has 1 aromatic heterocycles. The lowest BCUT2D eigenvalue weighted by atomic mass is 10.1. The fourth-order valence-corrected chi connectivity index (χ4v) is 1.73. The molecule has 0 saturated carbocycles. The number of aromatic nitrogens is 1. The first kappa shape index (κ1) is 15.3. The molecule has 1 aromatic rings. The summed E-state index contributed by atoms with van der Waals surface area (Å²) >= 11 is 0. The van der Waals surface area contributed by atoms with Crippen LogP contribution in [0.25, 0.3) is 0 Å². The third-order valence-corrected chi connectivity index (χ3v) is 2.44. The lowest BCUT2D eigenvalue weighted by Crippen LogP contribution is -2.14. The minimum absolute atomic E-state index is 0.152. The maximum Gasteiger partial charge on any atom is 0.238 e. The average molecular weight is 284 g/mol. The lowest BCUT2D eigenvalue weighted by Gasteiger charge is -2.09. The Bertz CT molecular complexity index is 621. The topological polar surface area (TPSA) is 88.5 Å². The van der Waals surface area contributed by atoms with Crippen LogP contribution in [-0.4, -0.2) is 37.5 Å². The third-order valence-electron chi connectivity index (χ3n) is 1.85. The molecule has 7 heteroatoms. The van der Waals surface area contributed by atoms with Crippen LogP contribution in [0.1, 0.15) is 19.4 Å². The van der Waals surface area contributed by atoms with Gasteiger partial charge in [-0.15, -0.1) is 0 Å². The molecule has 104 valence electrons. The number of anilines is 1. The van der Waals surface area contributed by atoms with Gasteiger partial charge in [-0.25, -0.2) is 13.4 Å². The predicted molar refractivity (Wildman–Crippen MR) is 72.4 cm³/mol. The number of hydrogen-bond donors (Lipinski definition) is 2. The van der Waals surface area contributed by atoms with Gasteiger partial charge in [0.2, 0.25) is 15.9 Å². The van der Waals surface area contributed by atoms with Crippen molar-refractivity contribution < 1.29 is 18.3 Å². The summed E-state index contributed by atoms with van der Waals surface area (Å²) in [6, 6.07) is 1.49. The first-order valence-corrected chi connectivity index (χ1v) is 7.27. The van der Waals surface area contributed by atoms with E-state index in [2.05, 4.69) is 21.5 Å². The first-order chi connectivity index (χ1) is 8.61. The van der Waals surface area contributed by atoms with Crippen LogP contribution in [-0.2, 0) is 10.0 Å². The second-order valence-corrected chi connectivity index (χ2v) is 6.21. The summed E-state index contributed by atoms with van der Waals surface area (Å²) in [7, 11) is -2.05. The Kier molecular flexibility index (Phi) is 4.39. The maximum absolute atomic E-state index is 11.2. The van der Waals surface area contributed by atoms with E-state index in [1.165, 1.54) is 19.4 Å². The maximum atomic E-state index is 11.2. The SMILES string of the molecule is COc1ncc(C#CC(C)(C)O)cc1NS(C)(=O)=O. The highest BCUT2D eigenvalue weighted by molar-refractivity contribution is 7.92. The van der Waals surface area contributed by atoms with Crippen LogP contribution < -0.4 is 9.46 Å². The standard InChI is InChI=1S/C12H16N2O4S/c1-12(2,15)6-5-9-7-10(14-19(4,16)17)11(18-3)13-8-9/h7-8,14-15H,1-4H3. The van der Waals surface area contributed by atoms with Gasteiger partial charge in [0.15, 0.2) is 0 Å². The molecule has 0 bridgehead atoms. The van der Waals surface area contributed by atoms with Crippen LogP contribution in [0.5, 0.6) is 5.88 Å². The van der Waals surface area contributed by atoms with Gasteiger partial charge in [-0.1, -0.05) is 11.8 Å². The highest BCUT2D eigenvalue weighted by Gasteiger charge is 2.11. The molecule has 1 rings (SSSR count). The predicted octanol–water partition coefficient (Wildman–Crippen LogP) is 0.584. The van der Waals surface area contributed by atoms with Gasteiger partial charge in [-0.3, -0.25) is 4.72 Å². The van der Waals surface area contributed by atoms with Gasteiger partial charge < -0.3 is 9.84 Å². The van der Waals surface area contributed by atoms with Crippen LogP contribution in [0.15, 0.2) is 12.3 Å². The van der Waals surface area contributed by atoms with Crippen LogP contribution in [0, 0.1) is 11.8 Å². The van der Waals surface area contributed by atoms with Crippen LogP contribution >= 0.6 is 0 Å². The number of ether oxygens (including phenoxy) is 1. The Balaban J connectivity index is 3.18. The molecule has 0 saturated heterocycles. The smallest absolute Gasteiger partial charge is 0.238 e. The number of aliphatic hydroxyl groups is 1. The molecule has 19 heavy (non-hydrogen) atoms. The van der Waals surface area contributed by atoms with E-state index in [4.69, 9.17) is 4.74 Å². The normalized spacial score (nSPS) is 11.4. The Hall–Kier alpha value is -1.78. The number of rotatable bonds is 3. The van der Waals surface area contributed by atoms with Gasteiger partial charge in [0.05, 0.1) is 13.4 Å². The molecule has 1 heterocycles. The molecule has 0 atom stereocenters. The minimum Gasteiger partial charge on any atom is -0.479 e. The van der Waals surface area contributed by atoms with Crippen molar-refractivity contribution in [2.75, 3.05) is 18.1 Å². The molecule has 0 aliphatic rings. The molecule has 0 fully saturated rings. The zero-order valence-corrected chi connectivity index (χ0v) is 12.0. The Labute approximate surface area is 112 Å². The van der Waals surface area contributed by atoms with Gasteiger partial charge in [-0.05, 0) is 19.9 Å². The van der Waals surface area contributed by atoms with Crippen molar-refractivity contribution in [2.24, 2.45) is 0 Å². The van der Waals surface area contributed by atoms with E-state index in [-0.39, 0.29) is 11.6 Å². The average Bonchev–Trinajstić information content (AvgIpc) is 2.23. The summed E-state index contributed by atoms with van der Waals surface area (Å²) in [4.78, 5) is 3.95. The molecular formula is C12H16N2O4S. The van der Waals surface area contributed by atoms with Crippen LogP contribution in [0.2, 0.25) is 0 Å². The van der Waals surface area contributed by atoms with Crippen molar-refractivity contribution in [3.8, 4) is 17.7 Å². The van der Waals surface area contributed by atoms with E-state index in [9.17, 15) is 13.5 Å². The molecule has 0 amide bonds. The second kappa shape index (κ2) is 5.47. The highest BCUT2D eigenvalue weighted by atomic mass is 32.2. The van der Waals surface area contributed by atoms with Crippen molar-refractivity contribution in [3.63, 3.8) is 0 Å². The number of methoxy groups -OCH3 is 1. The molecule has 0 aliphatic carbocycles. The molecule has 0 spiro atoms. The van der Waals surface area contributed by atoms with Crippen molar-refractivity contribution >= 4 is 15.7 Å². The van der Waals surface area contributed by atoms with Crippen LogP contribution in [0.4, 0.5) is 5.69 Å². The summed E-state index contributed by atoms with van der Waals surface area (Å²) in [6.45, 7) is 3.10. The quantitative estimate of drug-likeness (QED) is 0.793. The van der Waals surface area contributed by atoms with E-state index in [1.807, 2.05) is 0 Å². The van der Waals surface area contributed by atoms with Gasteiger partial charge in [-0.2, -0.15) is 0 Å². The van der Waals surface area contributed by atoms with Crippen molar-refractivity contribution in [1.82, 2.24) is 4.98 Å². The van der Waals surface area contributed by atoms with E-state index in [0.29, 0.717) is 5.56 Å². The zero-order chi connectivity index (χ0) is 14.7. The monoisotopic (exact) mass is 284 g/mol. The zero-order valence-electron chi connectivity index (χ0n) is 11.2. The Morgan fingerprint density at radius 1 is 1.47 bits per heavy atom. The fourth-order valence-electron chi connectivity index (χ4n) is 1.18. The molecule has 0 radical (unpaired) electrons. The Morgan fingerprint density at radius 2 is 2.11 bits per heavy atom. The van der Waals surface area contributed by atoms with Crippen molar-refractivity contribution in [3.05, 3.63) is 17.8 Å². The van der Waals surface area contributed by atoms with Gasteiger partial charge in [0.1, 0.15) is 11.3 Å². The number of sulfonamides is 1. The number of pyridine rings is 1. The van der Waals surface area contributed by atoms with E-state index in [0.717, 1.165) is 6.26 Å². The lowest BCUT2D eigenvalue weighted by molar-refractivity contribution is 0.143. The first-order valence-electron chi connectivity index (χ1n) is 5.38. The number of nitrogens with zero attached hydrogens (tertiary/aromatic N) is 1. The summed E-state index contributed by atoms with van der Waals surface area (Å²) in [5.41, 5.74) is -0.466. The van der Waals surface area contributed by atoms with E-state index in [1.54, 1.807) is 13.8 Å². The minimum atomic E-state index is -3.44. The van der Waals surface area contributed by atoms with Gasteiger partial charge >= 0.3 is 0 Å². The van der Waals surface area contributed by atoms with Crippen LogP contribution in [0.3, 0.4) is 0 Å². The van der Waals surface area contributed by atoms with Gasteiger partial charge in [0, 0.05) is 11.8 Å². The van der Waals surface area contributed by atoms with E-state index >= 15 is 0 Å². The fraction of sp³-hybridized carbons (Fsp3) is 0.417. The van der Waals surface area contributed by atoms with Crippen molar-refractivity contribution in [1.29, 1.82) is 0 Å². The van der Waals surface area contributed by atoms with Gasteiger partial charge in [0.25, 0.3) is 0 Å². The summed E-state index contributed by atoms with van der Waals surface area (Å²) < 4.78 is 29.7. The molecule has 0 aliphatic heterocycles.